The Balaban J connectivity index is 2.06. The molecule has 0 N–H and O–H groups in total. The van der Waals surface area contributed by atoms with Gasteiger partial charge in [0.05, 0.1) is 5.39 Å². The van der Waals surface area contributed by atoms with Crippen LogP contribution >= 0.6 is 0 Å². The molecule has 0 fully saturated rings. The number of aromatic nitrogens is 3. The summed E-state index contributed by atoms with van der Waals surface area (Å²) in [7, 11) is 0. The van der Waals surface area contributed by atoms with E-state index in [0.717, 1.165) is 4.68 Å². The molecule has 1 aromatic heterocycles. The van der Waals surface area contributed by atoms with E-state index >= 15 is 0 Å². The fourth-order valence-electron chi connectivity index (χ4n) is 2.21. The molecule has 0 saturated carbocycles. The number of ketones is 1. The average Bonchev–Trinajstić information content (AvgIpc) is 2.55. The highest BCUT2D eigenvalue weighted by atomic mass is 16.1. The quantitative estimate of drug-likeness (QED) is 0.690. The maximum atomic E-state index is 12.4. The van der Waals surface area contributed by atoms with Crippen LogP contribution in [0.25, 0.3) is 10.9 Å². The van der Waals surface area contributed by atoms with E-state index in [4.69, 9.17) is 0 Å². The maximum Gasteiger partial charge on any atom is 0.278 e. The highest BCUT2D eigenvalue weighted by Gasteiger charge is 2.20. The minimum atomic E-state index is -0.697. The third-order valence-electron chi connectivity index (χ3n) is 3.40. The van der Waals surface area contributed by atoms with Crippen LogP contribution < -0.4 is 5.56 Å². The van der Waals surface area contributed by atoms with Gasteiger partial charge >= 0.3 is 0 Å². The summed E-state index contributed by atoms with van der Waals surface area (Å²) < 4.78 is 1.14. The summed E-state index contributed by atoms with van der Waals surface area (Å²) in [6, 6.07) is 15.1. The Kier molecular flexibility index (Phi) is 3.31. The molecule has 21 heavy (non-hydrogen) atoms. The van der Waals surface area contributed by atoms with Crippen molar-refractivity contribution < 1.29 is 4.79 Å². The Labute approximate surface area is 120 Å². The fourth-order valence-corrected chi connectivity index (χ4v) is 2.21. The standard InChI is InChI=1S/C16H13N3O2/c1-11(15(20)12-7-3-2-4-8-12)19-16(21)13-9-5-6-10-14(13)17-18-19/h2-11H,1H3. The monoisotopic (exact) mass is 279 g/mol. The van der Waals surface area contributed by atoms with E-state index in [1.54, 1.807) is 55.5 Å². The Morgan fingerprint density at radius 1 is 1.05 bits per heavy atom. The molecule has 0 spiro atoms. The van der Waals surface area contributed by atoms with Gasteiger partial charge in [0.1, 0.15) is 11.6 Å². The summed E-state index contributed by atoms with van der Waals surface area (Å²) >= 11 is 0. The molecule has 0 aliphatic carbocycles. The van der Waals surface area contributed by atoms with E-state index in [0.29, 0.717) is 16.5 Å². The Morgan fingerprint density at radius 3 is 2.48 bits per heavy atom. The van der Waals surface area contributed by atoms with E-state index in [1.165, 1.54) is 0 Å². The van der Waals surface area contributed by atoms with Crippen LogP contribution in [0.15, 0.2) is 59.4 Å². The first-order valence-corrected chi connectivity index (χ1v) is 6.62. The number of carbonyl (C=O) groups is 1. The van der Waals surface area contributed by atoms with Gasteiger partial charge in [-0.2, -0.15) is 4.68 Å². The second-order valence-electron chi connectivity index (χ2n) is 4.76. The molecule has 0 aliphatic rings. The molecule has 1 atom stereocenters. The second kappa shape index (κ2) is 5.28. The van der Waals surface area contributed by atoms with Crippen LogP contribution in [0.2, 0.25) is 0 Å². The highest BCUT2D eigenvalue weighted by Crippen LogP contribution is 2.12. The van der Waals surface area contributed by atoms with Crippen molar-refractivity contribution in [2.75, 3.05) is 0 Å². The van der Waals surface area contributed by atoms with Crippen molar-refractivity contribution in [2.24, 2.45) is 0 Å². The minimum absolute atomic E-state index is 0.165. The SMILES string of the molecule is CC(C(=O)c1ccccc1)n1nnc2ccccc2c1=O. The summed E-state index contributed by atoms with van der Waals surface area (Å²) in [6.45, 7) is 1.65. The van der Waals surface area contributed by atoms with E-state index in [1.807, 2.05) is 6.07 Å². The molecule has 0 radical (unpaired) electrons. The zero-order chi connectivity index (χ0) is 14.8. The van der Waals surface area contributed by atoms with Crippen molar-refractivity contribution in [3.8, 4) is 0 Å². The van der Waals surface area contributed by atoms with E-state index < -0.39 is 6.04 Å². The Hall–Kier alpha value is -2.82. The lowest BCUT2D eigenvalue weighted by Gasteiger charge is -2.12. The number of carbonyl (C=O) groups excluding carboxylic acids is 1. The number of benzene rings is 2. The number of fused-ring (bicyclic) bond motifs is 1. The second-order valence-corrected chi connectivity index (χ2v) is 4.76. The number of Topliss-reactive ketones (excluding diaryl/α,β-unsaturated/α-hetero) is 1. The molecule has 0 saturated heterocycles. The largest absolute Gasteiger partial charge is 0.292 e. The van der Waals surface area contributed by atoms with Crippen LogP contribution in [0, 0.1) is 0 Å². The average molecular weight is 279 g/mol. The van der Waals surface area contributed by atoms with Crippen molar-refractivity contribution >= 4 is 16.7 Å². The van der Waals surface area contributed by atoms with Crippen LogP contribution in [0.3, 0.4) is 0 Å². The maximum absolute atomic E-state index is 12.4. The lowest BCUT2D eigenvalue weighted by molar-refractivity contribution is 0.0923. The Morgan fingerprint density at radius 2 is 1.71 bits per heavy atom. The topological polar surface area (TPSA) is 64.8 Å². The minimum Gasteiger partial charge on any atom is -0.292 e. The van der Waals surface area contributed by atoms with E-state index in [2.05, 4.69) is 10.3 Å². The van der Waals surface area contributed by atoms with Gasteiger partial charge in [0.15, 0.2) is 5.78 Å². The molecule has 1 unspecified atom stereocenters. The van der Waals surface area contributed by atoms with Crippen molar-refractivity contribution in [3.05, 3.63) is 70.5 Å². The first kappa shape index (κ1) is 13.2. The van der Waals surface area contributed by atoms with Gasteiger partial charge in [0.2, 0.25) is 0 Å². The Bertz CT molecular complexity index is 856. The predicted molar refractivity (Wildman–Crippen MR) is 79.3 cm³/mol. The molecule has 104 valence electrons. The van der Waals surface area contributed by atoms with Crippen molar-refractivity contribution in [2.45, 2.75) is 13.0 Å². The molecule has 2 aromatic carbocycles. The first-order valence-electron chi connectivity index (χ1n) is 6.62. The normalized spacial score (nSPS) is 12.2. The summed E-state index contributed by atoms with van der Waals surface area (Å²) in [5.74, 6) is -0.165. The molecule has 3 aromatic rings. The lowest BCUT2D eigenvalue weighted by Crippen LogP contribution is -2.31. The summed E-state index contributed by atoms with van der Waals surface area (Å²) in [5, 5.41) is 8.34. The smallest absolute Gasteiger partial charge is 0.278 e. The van der Waals surface area contributed by atoms with Gasteiger partial charge in [-0.05, 0) is 19.1 Å². The molecule has 5 heteroatoms. The van der Waals surface area contributed by atoms with Crippen LogP contribution in [0.5, 0.6) is 0 Å². The van der Waals surface area contributed by atoms with Crippen LogP contribution in [0.1, 0.15) is 23.3 Å². The highest BCUT2D eigenvalue weighted by molar-refractivity contribution is 5.98. The molecule has 0 bridgehead atoms. The number of hydrogen-bond donors (Lipinski definition) is 0. The third kappa shape index (κ3) is 2.33. The number of nitrogens with zero attached hydrogens (tertiary/aromatic N) is 3. The number of rotatable bonds is 3. The van der Waals surface area contributed by atoms with Gasteiger partial charge in [0, 0.05) is 5.56 Å². The predicted octanol–water partition coefficient (Wildman–Crippen LogP) is 2.24. The summed E-state index contributed by atoms with van der Waals surface area (Å²) in [6.07, 6.45) is 0. The van der Waals surface area contributed by atoms with Gasteiger partial charge in [-0.15, -0.1) is 5.10 Å². The van der Waals surface area contributed by atoms with Crippen LogP contribution in [-0.4, -0.2) is 20.8 Å². The molecule has 5 nitrogen and oxygen atoms in total. The molecular weight excluding hydrogens is 266 g/mol. The summed E-state index contributed by atoms with van der Waals surface area (Å²) in [4.78, 5) is 24.8. The van der Waals surface area contributed by atoms with Crippen LogP contribution in [-0.2, 0) is 0 Å². The van der Waals surface area contributed by atoms with Crippen molar-refractivity contribution in [3.63, 3.8) is 0 Å². The first-order chi connectivity index (χ1) is 10.2. The zero-order valence-corrected chi connectivity index (χ0v) is 11.4. The molecule has 1 heterocycles. The molecule has 3 rings (SSSR count). The number of hydrogen-bond acceptors (Lipinski definition) is 4. The van der Waals surface area contributed by atoms with Crippen LogP contribution in [0.4, 0.5) is 0 Å². The van der Waals surface area contributed by atoms with Gasteiger partial charge in [-0.1, -0.05) is 47.7 Å². The molecule has 0 amide bonds. The summed E-state index contributed by atoms with van der Waals surface area (Å²) in [5.41, 5.74) is 0.766. The molecule has 0 aliphatic heterocycles. The zero-order valence-electron chi connectivity index (χ0n) is 11.4. The molecular formula is C16H13N3O2. The van der Waals surface area contributed by atoms with Gasteiger partial charge < -0.3 is 0 Å². The third-order valence-corrected chi connectivity index (χ3v) is 3.40. The van der Waals surface area contributed by atoms with E-state index in [-0.39, 0.29) is 11.3 Å². The van der Waals surface area contributed by atoms with Crippen molar-refractivity contribution in [1.29, 1.82) is 0 Å². The fraction of sp³-hybridized carbons (Fsp3) is 0.125. The van der Waals surface area contributed by atoms with E-state index in [9.17, 15) is 9.59 Å². The lowest BCUT2D eigenvalue weighted by atomic mass is 10.1. The van der Waals surface area contributed by atoms with Gasteiger partial charge in [0.25, 0.3) is 5.56 Å². The van der Waals surface area contributed by atoms with Gasteiger partial charge in [-0.25, -0.2) is 0 Å². The van der Waals surface area contributed by atoms with Crippen molar-refractivity contribution in [1.82, 2.24) is 15.0 Å². The van der Waals surface area contributed by atoms with Gasteiger partial charge in [-0.3, -0.25) is 9.59 Å².